The van der Waals surface area contributed by atoms with Crippen LogP contribution in [0.25, 0.3) is 10.8 Å². The zero-order valence-electron chi connectivity index (χ0n) is 13.0. The smallest absolute Gasteiger partial charge is 0.248 e. The summed E-state index contributed by atoms with van der Waals surface area (Å²) in [4.78, 5) is 23.6. The maximum Gasteiger partial charge on any atom is 0.248 e. The molecule has 0 saturated heterocycles. The standard InChI is InChI=1S/C18H19N3O2/c1-12-16(18(23)21-20-12)8-9-19-17(22)11-13-6-7-14-4-2-3-5-15(14)10-13/h2-7,10,16H,8-9,11H2,1H3,(H,19,22)(H,21,23)/t16-/m1/s1. The number of nitrogens with one attached hydrogen (secondary N) is 2. The summed E-state index contributed by atoms with van der Waals surface area (Å²) >= 11 is 0. The van der Waals surface area contributed by atoms with E-state index in [0.717, 1.165) is 16.7 Å². The minimum absolute atomic E-state index is 0.0340. The number of carbonyl (C=O) groups is 2. The Bertz CT molecular complexity index is 783. The van der Waals surface area contributed by atoms with Crippen molar-refractivity contribution in [3.8, 4) is 0 Å². The molecule has 0 radical (unpaired) electrons. The lowest BCUT2D eigenvalue weighted by atomic mass is 10.0. The van der Waals surface area contributed by atoms with Crippen molar-refractivity contribution in [1.82, 2.24) is 10.7 Å². The first kappa shape index (κ1) is 15.2. The number of nitrogens with zero attached hydrogens (tertiary/aromatic N) is 1. The first-order valence-corrected chi connectivity index (χ1v) is 7.72. The molecule has 1 aliphatic rings. The zero-order chi connectivity index (χ0) is 16.2. The largest absolute Gasteiger partial charge is 0.356 e. The molecule has 2 aromatic rings. The van der Waals surface area contributed by atoms with E-state index < -0.39 is 0 Å². The summed E-state index contributed by atoms with van der Waals surface area (Å²) in [7, 11) is 0. The average Bonchev–Trinajstić information content (AvgIpc) is 2.86. The molecule has 0 aliphatic carbocycles. The molecule has 0 fully saturated rings. The molecular weight excluding hydrogens is 290 g/mol. The lowest BCUT2D eigenvalue weighted by Crippen LogP contribution is -2.31. The molecule has 0 bridgehead atoms. The third kappa shape index (κ3) is 3.56. The van der Waals surface area contributed by atoms with E-state index in [4.69, 9.17) is 0 Å². The van der Waals surface area contributed by atoms with Crippen LogP contribution in [0.2, 0.25) is 0 Å². The molecule has 5 nitrogen and oxygen atoms in total. The second-order valence-electron chi connectivity index (χ2n) is 5.78. The molecule has 5 heteroatoms. The van der Waals surface area contributed by atoms with E-state index in [1.807, 2.05) is 43.3 Å². The summed E-state index contributed by atoms with van der Waals surface area (Å²) in [6, 6.07) is 14.1. The highest BCUT2D eigenvalue weighted by atomic mass is 16.2. The van der Waals surface area contributed by atoms with Gasteiger partial charge in [0.05, 0.1) is 12.3 Å². The maximum atomic E-state index is 12.0. The zero-order valence-corrected chi connectivity index (χ0v) is 13.0. The Morgan fingerprint density at radius 3 is 2.74 bits per heavy atom. The molecule has 0 spiro atoms. The molecule has 3 rings (SSSR count). The fourth-order valence-electron chi connectivity index (χ4n) is 2.78. The normalized spacial score (nSPS) is 17.0. The molecule has 0 saturated carbocycles. The number of hydrogen-bond donors (Lipinski definition) is 2. The van der Waals surface area contributed by atoms with Crippen molar-refractivity contribution in [2.45, 2.75) is 19.8 Å². The van der Waals surface area contributed by atoms with E-state index in [1.54, 1.807) is 0 Å². The Balaban J connectivity index is 1.52. The second kappa shape index (κ2) is 6.60. The highest BCUT2D eigenvalue weighted by Crippen LogP contribution is 2.16. The number of carbonyl (C=O) groups excluding carboxylic acids is 2. The number of benzene rings is 2. The fraction of sp³-hybridized carbons (Fsp3) is 0.278. The van der Waals surface area contributed by atoms with E-state index >= 15 is 0 Å². The topological polar surface area (TPSA) is 70.6 Å². The quantitative estimate of drug-likeness (QED) is 0.887. The van der Waals surface area contributed by atoms with Gasteiger partial charge >= 0.3 is 0 Å². The van der Waals surface area contributed by atoms with E-state index in [1.165, 1.54) is 5.39 Å². The predicted molar refractivity (Wildman–Crippen MR) is 90.0 cm³/mol. The minimum atomic E-state index is -0.226. The summed E-state index contributed by atoms with van der Waals surface area (Å²) in [5, 5.41) is 9.07. The van der Waals surface area contributed by atoms with Crippen LogP contribution in [0.1, 0.15) is 18.9 Å². The van der Waals surface area contributed by atoms with Gasteiger partial charge in [0, 0.05) is 12.3 Å². The lowest BCUT2D eigenvalue weighted by molar-refractivity contribution is -0.123. The average molecular weight is 309 g/mol. The monoisotopic (exact) mass is 309 g/mol. The molecule has 2 aromatic carbocycles. The Kier molecular flexibility index (Phi) is 4.37. The summed E-state index contributed by atoms with van der Waals surface area (Å²) in [5.41, 5.74) is 4.21. The van der Waals surface area contributed by atoms with Gasteiger partial charge in [-0.25, -0.2) is 5.43 Å². The van der Waals surface area contributed by atoms with Crippen LogP contribution in [0.5, 0.6) is 0 Å². The molecule has 118 valence electrons. The molecule has 0 aromatic heterocycles. The maximum absolute atomic E-state index is 12.0. The summed E-state index contributed by atoms with van der Waals surface area (Å²) in [5.74, 6) is -0.351. The third-order valence-corrected chi connectivity index (χ3v) is 4.10. The van der Waals surface area contributed by atoms with Crippen molar-refractivity contribution in [1.29, 1.82) is 0 Å². The van der Waals surface area contributed by atoms with Gasteiger partial charge in [-0.3, -0.25) is 9.59 Å². The number of fused-ring (bicyclic) bond motifs is 1. The predicted octanol–water partition coefficient (Wildman–Crippen LogP) is 2.01. The molecule has 1 heterocycles. The molecule has 0 unspecified atom stereocenters. The van der Waals surface area contributed by atoms with Crippen LogP contribution >= 0.6 is 0 Å². The van der Waals surface area contributed by atoms with Crippen molar-refractivity contribution in [3.63, 3.8) is 0 Å². The second-order valence-corrected chi connectivity index (χ2v) is 5.78. The minimum Gasteiger partial charge on any atom is -0.356 e. The van der Waals surface area contributed by atoms with E-state index in [0.29, 0.717) is 19.4 Å². The van der Waals surface area contributed by atoms with Gasteiger partial charge < -0.3 is 5.32 Å². The van der Waals surface area contributed by atoms with Gasteiger partial charge in [-0.15, -0.1) is 0 Å². The molecular formula is C18H19N3O2. The van der Waals surface area contributed by atoms with Crippen molar-refractivity contribution < 1.29 is 9.59 Å². The van der Waals surface area contributed by atoms with Gasteiger partial charge in [0.2, 0.25) is 11.8 Å². The van der Waals surface area contributed by atoms with Crippen LogP contribution in [0.15, 0.2) is 47.6 Å². The van der Waals surface area contributed by atoms with Crippen molar-refractivity contribution in [3.05, 3.63) is 48.0 Å². The number of rotatable bonds is 5. The van der Waals surface area contributed by atoms with Crippen LogP contribution in [0.4, 0.5) is 0 Å². The Labute approximate surface area is 134 Å². The highest BCUT2D eigenvalue weighted by molar-refractivity contribution is 6.06. The van der Waals surface area contributed by atoms with E-state index in [2.05, 4.69) is 21.9 Å². The molecule has 2 N–H and O–H groups in total. The highest BCUT2D eigenvalue weighted by Gasteiger charge is 2.26. The first-order valence-electron chi connectivity index (χ1n) is 7.72. The van der Waals surface area contributed by atoms with Gasteiger partial charge in [0.15, 0.2) is 0 Å². The van der Waals surface area contributed by atoms with Crippen LogP contribution in [0.3, 0.4) is 0 Å². The van der Waals surface area contributed by atoms with Crippen LogP contribution in [-0.4, -0.2) is 24.1 Å². The van der Waals surface area contributed by atoms with Crippen molar-refractivity contribution in [2.24, 2.45) is 11.0 Å². The summed E-state index contributed by atoms with van der Waals surface area (Å²) in [6.45, 7) is 2.29. The van der Waals surface area contributed by atoms with Crippen LogP contribution < -0.4 is 10.7 Å². The third-order valence-electron chi connectivity index (χ3n) is 4.10. The SMILES string of the molecule is CC1=NNC(=O)[C@@H]1CCNC(=O)Cc1ccc2ccccc2c1. The molecule has 23 heavy (non-hydrogen) atoms. The Hall–Kier alpha value is -2.69. The number of hydrazone groups is 1. The Morgan fingerprint density at radius 1 is 1.22 bits per heavy atom. The summed E-state index contributed by atoms with van der Waals surface area (Å²) < 4.78 is 0. The lowest BCUT2D eigenvalue weighted by Gasteiger charge is -2.09. The number of amides is 2. The fourth-order valence-corrected chi connectivity index (χ4v) is 2.78. The molecule has 2 amide bonds. The first-order chi connectivity index (χ1) is 11.1. The van der Waals surface area contributed by atoms with Gasteiger partial charge in [0.25, 0.3) is 0 Å². The van der Waals surface area contributed by atoms with Gasteiger partial charge in [-0.05, 0) is 29.7 Å². The van der Waals surface area contributed by atoms with E-state index in [9.17, 15) is 9.59 Å². The van der Waals surface area contributed by atoms with Gasteiger partial charge in [-0.1, -0.05) is 42.5 Å². The van der Waals surface area contributed by atoms with Crippen molar-refractivity contribution in [2.75, 3.05) is 6.54 Å². The van der Waals surface area contributed by atoms with E-state index in [-0.39, 0.29) is 17.7 Å². The van der Waals surface area contributed by atoms with Crippen LogP contribution in [0, 0.1) is 5.92 Å². The molecule has 1 aliphatic heterocycles. The number of hydrogen-bond acceptors (Lipinski definition) is 3. The van der Waals surface area contributed by atoms with Crippen LogP contribution in [-0.2, 0) is 16.0 Å². The van der Waals surface area contributed by atoms with Crippen molar-refractivity contribution >= 4 is 28.3 Å². The van der Waals surface area contributed by atoms with Gasteiger partial charge in [-0.2, -0.15) is 5.10 Å². The van der Waals surface area contributed by atoms with Gasteiger partial charge in [0.1, 0.15) is 0 Å². The molecule has 1 atom stereocenters. The summed E-state index contributed by atoms with van der Waals surface area (Å²) in [6.07, 6.45) is 0.916. The Morgan fingerprint density at radius 2 is 2.00 bits per heavy atom.